The van der Waals surface area contributed by atoms with Crippen LogP contribution in [0, 0.1) is 0 Å². The average molecular weight is 412 g/mol. The summed E-state index contributed by atoms with van der Waals surface area (Å²) in [6.45, 7) is 4.61. The van der Waals surface area contributed by atoms with Crippen molar-refractivity contribution in [3.63, 3.8) is 0 Å². The summed E-state index contributed by atoms with van der Waals surface area (Å²) in [5, 5.41) is 0. The van der Waals surface area contributed by atoms with Crippen molar-refractivity contribution in [3.8, 4) is 22.4 Å². The number of hydrogen-bond acceptors (Lipinski definition) is 1. The van der Waals surface area contributed by atoms with E-state index in [0.29, 0.717) is 0 Å². The molecule has 1 aliphatic carbocycles. The van der Waals surface area contributed by atoms with Gasteiger partial charge >= 0.3 is 0 Å². The highest BCUT2D eigenvalue weighted by Crippen LogP contribution is 2.56. The molecule has 0 amide bonds. The first kappa shape index (κ1) is 21.8. The highest BCUT2D eigenvalue weighted by atomic mass is 14.7. The molecule has 0 spiro atoms. The molecule has 0 fully saturated rings. The fraction of sp³-hybridized carbons (Fsp3) is 0.433. The molecule has 0 aliphatic heterocycles. The van der Waals surface area contributed by atoms with E-state index in [9.17, 15) is 0 Å². The van der Waals surface area contributed by atoms with Gasteiger partial charge in [0.2, 0.25) is 0 Å². The van der Waals surface area contributed by atoms with Gasteiger partial charge in [-0.3, -0.25) is 4.98 Å². The Morgan fingerprint density at radius 2 is 1.26 bits per heavy atom. The van der Waals surface area contributed by atoms with Gasteiger partial charge in [0.25, 0.3) is 0 Å². The SMILES string of the molecule is CCCCCCC1(CCCCCC)c2ccccc2-c2cccc(-c3ccccn3)c21. The molecular weight excluding hydrogens is 374 g/mol. The Bertz CT molecular complexity index is 961. The van der Waals surface area contributed by atoms with Gasteiger partial charge in [0.15, 0.2) is 0 Å². The fourth-order valence-corrected chi connectivity index (χ4v) is 5.65. The number of rotatable bonds is 11. The molecule has 0 N–H and O–H groups in total. The minimum Gasteiger partial charge on any atom is -0.256 e. The van der Waals surface area contributed by atoms with Crippen LogP contribution in [0.25, 0.3) is 22.4 Å². The van der Waals surface area contributed by atoms with Gasteiger partial charge in [-0.2, -0.15) is 0 Å². The van der Waals surface area contributed by atoms with Gasteiger partial charge in [-0.15, -0.1) is 0 Å². The van der Waals surface area contributed by atoms with E-state index in [-0.39, 0.29) is 5.41 Å². The highest BCUT2D eigenvalue weighted by Gasteiger charge is 2.43. The maximum Gasteiger partial charge on any atom is 0.0705 e. The lowest BCUT2D eigenvalue weighted by molar-refractivity contribution is 0.401. The second-order valence-corrected chi connectivity index (χ2v) is 9.19. The quantitative estimate of drug-likeness (QED) is 0.287. The Balaban J connectivity index is 1.84. The molecule has 162 valence electrons. The first-order valence-corrected chi connectivity index (χ1v) is 12.5. The topological polar surface area (TPSA) is 12.9 Å². The summed E-state index contributed by atoms with van der Waals surface area (Å²) >= 11 is 0. The molecule has 31 heavy (non-hydrogen) atoms. The van der Waals surface area contributed by atoms with Crippen molar-refractivity contribution in [2.45, 2.75) is 83.5 Å². The lowest BCUT2D eigenvalue weighted by Crippen LogP contribution is -2.26. The van der Waals surface area contributed by atoms with Crippen molar-refractivity contribution in [2.75, 3.05) is 0 Å². The summed E-state index contributed by atoms with van der Waals surface area (Å²) < 4.78 is 0. The molecule has 2 aromatic carbocycles. The molecule has 1 aliphatic rings. The number of aromatic nitrogens is 1. The zero-order valence-electron chi connectivity index (χ0n) is 19.4. The molecule has 1 nitrogen and oxygen atoms in total. The average Bonchev–Trinajstić information content (AvgIpc) is 3.11. The third-order valence-corrected chi connectivity index (χ3v) is 7.13. The lowest BCUT2D eigenvalue weighted by atomic mass is 9.69. The first-order chi connectivity index (χ1) is 15.3. The molecule has 0 unspecified atom stereocenters. The number of pyridine rings is 1. The van der Waals surface area contributed by atoms with E-state index in [2.05, 4.69) is 68.4 Å². The number of nitrogens with zero attached hydrogens (tertiary/aromatic N) is 1. The van der Waals surface area contributed by atoms with E-state index in [1.165, 1.54) is 80.9 Å². The summed E-state index contributed by atoms with van der Waals surface area (Å²) in [4.78, 5) is 4.77. The van der Waals surface area contributed by atoms with Crippen LogP contribution in [0.15, 0.2) is 66.9 Å². The monoisotopic (exact) mass is 411 g/mol. The van der Waals surface area contributed by atoms with Crippen LogP contribution in [0.3, 0.4) is 0 Å². The van der Waals surface area contributed by atoms with Crippen LogP contribution in [0.1, 0.15) is 89.2 Å². The zero-order valence-corrected chi connectivity index (χ0v) is 19.4. The summed E-state index contributed by atoms with van der Waals surface area (Å²) in [7, 11) is 0. The molecule has 1 heteroatoms. The normalized spacial score (nSPS) is 13.7. The van der Waals surface area contributed by atoms with Gasteiger partial charge in [-0.1, -0.05) is 114 Å². The molecule has 0 bridgehead atoms. The number of fused-ring (bicyclic) bond motifs is 3. The van der Waals surface area contributed by atoms with Gasteiger partial charge in [-0.25, -0.2) is 0 Å². The van der Waals surface area contributed by atoms with Crippen molar-refractivity contribution >= 4 is 0 Å². The van der Waals surface area contributed by atoms with E-state index in [1.54, 1.807) is 11.1 Å². The summed E-state index contributed by atoms with van der Waals surface area (Å²) in [5.74, 6) is 0. The smallest absolute Gasteiger partial charge is 0.0705 e. The van der Waals surface area contributed by atoms with E-state index in [0.717, 1.165) is 5.69 Å². The van der Waals surface area contributed by atoms with Crippen LogP contribution in [0.5, 0.6) is 0 Å². The van der Waals surface area contributed by atoms with E-state index >= 15 is 0 Å². The Hall–Kier alpha value is -2.41. The predicted molar refractivity (Wildman–Crippen MR) is 133 cm³/mol. The van der Waals surface area contributed by atoms with Gasteiger partial charge < -0.3 is 0 Å². The maximum atomic E-state index is 4.77. The lowest BCUT2D eigenvalue weighted by Gasteiger charge is -2.34. The summed E-state index contributed by atoms with van der Waals surface area (Å²) in [6.07, 6.45) is 14.9. The second kappa shape index (κ2) is 10.3. The first-order valence-electron chi connectivity index (χ1n) is 12.5. The fourth-order valence-electron chi connectivity index (χ4n) is 5.65. The summed E-state index contributed by atoms with van der Waals surface area (Å²) in [6, 6.07) is 22.4. The Morgan fingerprint density at radius 1 is 0.613 bits per heavy atom. The third-order valence-electron chi connectivity index (χ3n) is 7.13. The Labute approximate surface area is 189 Å². The molecule has 3 aromatic rings. The van der Waals surface area contributed by atoms with Crippen LogP contribution in [0.2, 0.25) is 0 Å². The van der Waals surface area contributed by atoms with Crippen LogP contribution >= 0.6 is 0 Å². The van der Waals surface area contributed by atoms with Crippen LogP contribution < -0.4 is 0 Å². The van der Waals surface area contributed by atoms with Crippen molar-refractivity contribution < 1.29 is 0 Å². The molecule has 0 radical (unpaired) electrons. The molecule has 0 atom stereocenters. The molecular formula is C30H37N. The summed E-state index contributed by atoms with van der Waals surface area (Å²) in [5.41, 5.74) is 8.54. The zero-order chi connectivity index (χ0) is 21.5. The Morgan fingerprint density at radius 3 is 1.94 bits per heavy atom. The minimum absolute atomic E-state index is 0.113. The van der Waals surface area contributed by atoms with Crippen molar-refractivity contribution in [3.05, 3.63) is 78.0 Å². The maximum absolute atomic E-state index is 4.77. The van der Waals surface area contributed by atoms with Crippen molar-refractivity contribution in [1.29, 1.82) is 0 Å². The van der Waals surface area contributed by atoms with Crippen molar-refractivity contribution in [2.24, 2.45) is 0 Å². The second-order valence-electron chi connectivity index (χ2n) is 9.19. The van der Waals surface area contributed by atoms with Gasteiger partial charge in [-0.05, 0) is 47.2 Å². The van der Waals surface area contributed by atoms with Crippen LogP contribution in [-0.4, -0.2) is 4.98 Å². The number of hydrogen-bond donors (Lipinski definition) is 0. The minimum atomic E-state index is 0.113. The van der Waals surface area contributed by atoms with Gasteiger partial charge in [0.05, 0.1) is 5.69 Å². The molecule has 0 saturated heterocycles. The van der Waals surface area contributed by atoms with Gasteiger partial charge in [0, 0.05) is 17.2 Å². The van der Waals surface area contributed by atoms with Crippen LogP contribution in [0.4, 0.5) is 0 Å². The molecule has 1 aromatic heterocycles. The Kier molecular flexibility index (Phi) is 7.22. The van der Waals surface area contributed by atoms with Gasteiger partial charge in [0.1, 0.15) is 0 Å². The molecule has 0 saturated carbocycles. The van der Waals surface area contributed by atoms with E-state index in [1.807, 2.05) is 12.3 Å². The molecule has 4 rings (SSSR count). The van der Waals surface area contributed by atoms with Crippen LogP contribution in [-0.2, 0) is 5.41 Å². The predicted octanol–water partition coefficient (Wildman–Crippen LogP) is 8.96. The van der Waals surface area contributed by atoms with E-state index < -0.39 is 0 Å². The standard InChI is InChI=1S/C30H37N/c1-3-5-7-12-21-30(22-13-8-6-4-2)27-19-10-9-16-24(27)25-17-15-18-26(29(25)30)28-20-11-14-23-31-28/h9-11,14-20,23H,3-8,12-13,21-22H2,1-2H3. The van der Waals surface area contributed by atoms with E-state index in [4.69, 9.17) is 4.98 Å². The highest BCUT2D eigenvalue weighted by molar-refractivity contribution is 5.87. The number of unbranched alkanes of at least 4 members (excludes halogenated alkanes) is 6. The third kappa shape index (κ3) is 4.33. The largest absolute Gasteiger partial charge is 0.256 e. The van der Waals surface area contributed by atoms with Crippen molar-refractivity contribution in [1.82, 2.24) is 4.98 Å². The number of benzene rings is 2. The molecule has 1 heterocycles.